The maximum Gasteiger partial charge on any atom is 0.303 e. The maximum atomic E-state index is 14.5. The number of fused-ring (bicyclic) bond motifs is 3. The number of aliphatic carboxylic acids is 1. The molecule has 0 radical (unpaired) electrons. The van der Waals surface area contributed by atoms with E-state index < -0.39 is 5.97 Å². The van der Waals surface area contributed by atoms with Crippen molar-refractivity contribution in [3.8, 4) is 16.9 Å². The molecule has 3 aromatic rings. The molecule has 252 valence electrons. The summed E-state index contributed by atoms with van der Waals surface area (Å²) in [6, 6.07) is 10.8. The van der Waals surface area contributed by atoms with Crippen LogP contribution in [0.25, 0.3) is 11.1 Å². The maximum absolute atomic E-state index is 14.5. The Kier molecular flexibility index (Phi) is 9.25. The molecule has 2 heterocycles. The molecule has 7 rings (SSSR count). The van der Waals surface area contributed by atoms with E-state index in [4.69, 9.17) is 9.72 Å². The number of rotatable bonds is 10. The van der Waals surface area contributed by atoms with Crippen molar-refractivity contribution in [1.82, 2.24) is 14.8 Å². The van der Waals surface area contributed by atoms with Gasteiger partial charge >= 0.3 is 5.97 Å². The van der Waals surface area contributed by atoms with Crippen molar-refractivity contribution in [2.45, 2.75) is 116 Å². The van der Waals surface area contributed by atoms with Crippen LogP contribution in [-0.4, -0.2) is 45.4 Å². The Morgan fingerprint density at radius 2 is 1.70 bits per heavy atom. The second kappa shape index (κ2) is 13.1. The molecule has 4 aliphatic carbocycles. The molecule has 1 aromatic carbocycles. The van der Waals surface area contributed by atoms with Crippen molar-refractivity contribution in [1.29, 1.82) is 0 Å². The first-order valence-corrected chi connectivity index (χ1v) is 17.6. The standard InChI is InChI=1S/C39H52N4O4/c1-27-22-32(11-12-33(27)47-5)39-18-15-38(16-19-39,17-20-39)26-42(36(46)29-9-6-28(7-10-29)8-13-35(44)45)34-23-30(14-21-40-34)31-24-41-43(25-31)37(2,3)4/h11-12,14,21-25,28-29H,6-10,13,15-20,26H2,1-5H3,(H,44,45)/t28-,29-,38?,39?. The van der Waals surface area contributed by atoms with E-state index in [1.54, 1.807) is 7.11 Å². The number of aromatic nitrogens is 3. The van der Waals surface area contributed by atoms with Crippen LogP contribution in [0.3, 0.4) is 0 Å². The monoisotopic (exact) mass is 640 g/mol. The van der Waals surface area contributed by atoms with E-state index in [-0.39, 0.29) is 34.6 Å². The second-order valence-electron chi connectivity index (χ2n) is 15.8. The summed E-state index contributed by atoms with van der Waals surface area (Å²) < 4.78 is 7.53. The molecule has 8 heteroatoms. The Morgan fingerprint density at radius 3 is 2.30 bits per heavy atom. The number of carbonyl (C=O) groups excluding carboxylic acids is 1. The number of methoxy groups -OCH3 is 1. The molecule has 2 bridgehead atoms. The number of amides is 1. The lowest BCUT2D eigenvalue weighted by Gasteiger charge is -2.55. The zero-order valence-corrected chi connectivity index (χ0v) is 28.9. The normalized spacial score (nSPS) is 25.8. The number of hydrogen-bond acceptors (Lipinski definition) is 5. The average Bonchev–Trinajstić information content (AvgIpc) is 3.59. The Bertz CT molecular complexity index is 1570. The summed E-state index contributed by atoms with van der Waals surface area (Å²) in [6.45, 7) is 9.23. The molecule has 1 amide bonds. The third-order valence-electron chi connectivity index (χ3n) is 11.8. The summed E-state index contributed by atoms with van der Waals surface area (Å²) in [7, 11) is 1.73. The van der Waals surface area contributed by atoms with Crippen LogP contribution >= 0.6 is 0 Å². The van der Waals surface area contributed by atoms with E-state index in [2.05, 4.69) is 63.3 Å². The minimum atomic E-state index is -0.737. The molecule has 0 saturated heterocycles. The highest BCUT2D eigenvalue weighted by atomic mass is 16.5. The number of benzene rings is 1. The molecular weight excluding hydrogens is 588 g/mol. The molecule has 0 spiro atoms. The van der Waals surface area contributed by atoms with Gasteiger partial charge in [0.15, 0.2) is 0 Å². The Hall–Kier alpha value is -3.68. The van der Waals surface area contributed by atoms with Crippen LogP contribution in [0.2, 0.25) is 0 Å². The van der Waals surface area contributed by atoms with Crippen molar-refractivity contribution in [2.24, 2.45) is 17.3 Å². The first-order chi connectivity index (χ1) is 22.4. The predicted molar refractivity (Wildman–Crippen MR) is 185 cm³/mol. The van der Waals surface area contributed by atoms with Crippen molar-refractivity contribution in [2.75, 3.05) is 18.6 Å². The Labute approximate surface area is 279 Å². The zero-order valence-electron chi connectivity index (χ0n) is 28.9. The molecule has 4 aliphatic rings. The van der Waals surface area contributed by atoms with E-state index in [9.17, 15) is 14.7 Å². The molecule has 8 nitrogen and oxygen atoms in total. The van der Waals surface area contributed by atoms with Gasteiger partial charge in [-0.25, -0.2) is 4.98 Å². The summed E-state index contributed by atoms with van der Waals surface area (Å²) in [4.78, 5) is 32.6. The second-order valence-corrected chi connectivity index (χ2v) is 15.8. The van der Waals surface area contributed by atoms with Crippen molar-refractivity contribution in [3.63, 3.8) is 0 Å². The SMILES string of the molecule is COc1ccc(C23CCC(CN(c4cc(-c5cnn(C(C)(C)C)c5)ccn4)C(=O)[C@H]4CC[C@H](CCC(=O)O)CC4)(CC2)CC3)cc1C. The lowest BCUT2D eigenvalue weighted by atomic mass is 9.51. The van der Waals surface area contributed by atoms with E-state index in [0.717, 1.165) is 86.9 Å². The van der Waals surface area contributed by atoms with Gasteiger partial charge in [-0.3, -0.25) is 19.2 Å². The highest BCUT2D eigenvalue weighted by Crippen LogP contribution is 2.58. The summed E-state index contributed by atoms with van der Waals surface area (Å²) in [5.74, 6) is 1.44. The van der Waals surface area contributed by atoms with Crippen molar-refractivity contribution < 1.29 is 19.4 Å². The van der Waals surface area contributed by atoms with E-state index >= 15 is 0 Å². The van der Waals surface area contributed by atoms with Gasteiger partial charge in [-0.05, 0) is 150 Å². The predicted octanol–water partition coefficient (Wildman–Crippen LogP) is 8.31. The summed E-state index contributed by atoms with van der Waals surface area (Å²) in [5, 5.41) is 13.8. The average molecular weight is 641 g/mol. The van der Waals surface area contributed by atoms with E-state index in [1.165, 1.54) is 11.1 Å². The minimum Gasteiger partial charge on any atom is -0.496 e. The summed E-state index contributed by atoms with van der Waals surface area (Å²) in [6.07, 6.45) is 16.8. The van der Waals surface area contributed by atoms with Gasteiger partial charge in [-0.2, -0.15) is 5.10 Å². The minimum absolute atomic E-state index is 0.0601. The van der Waals surface area contributed by atoms with Crippen LogP contribution in [0.4, 0.5) is 5.82 Å². The molecule has 4 saturated carbocycles. The number of pyridine rings is 1. The van der Waals surface area contributed by atoms with E-state index in [0.29, 0.717) is 18.9 Å². The third-order valence-corrected chi connectivity index (χ3v) is 11.8. The molecule has 47 heavy (non-hydrogen) atoms. The largest absolute Gasteiger partial charge is 0.496 e. The van der Waals surface area contributed by atoms with Gasteiger partial charge in [-0.15, -0.1) is 0 Å². The number of carboxylic acid groups (broad SMARTS) is 1. The lowest BCUT2D eigenvalue weighted by molar-refractivity contribution is -0.137. The molecule has 0 atom stereocenters. The first-order valence-electron chi connectivity index (χ1n) is 17.6. The molecule has 4 fully saturated rings. The smallest absolute Gasteiger partial charge is 0.303 e. The number of anilines is 1. The topological polar surface area (TPSA) is 97.5 Å². The van der Waals surface area contributed by atoms with Crippen molar-refractivity contribution >= 4 is 17.7 Å². The number of carbonyl (C=O) groups is 2. The van der Waals surface area contributed by atoms with Gasteiger partial charge in [0.2, 0.25) is 5.91 Å². The van der Waals surface area contributed by atoms with Gasteiger partial charge in [0.1, 0.15) is 11.6 Å². The number of nitrogens with zero attached hydrogens (tertiary/aromatic N) is 4. The van der Waals surface area contributed by atoms with E-state index in [1.807, 2.05) is 28.0 Å². The number of hydrogen-bond donors (Lipinski definition) is 1. The fraction of sp³-hybridized carbons (Fsp3) is 0.590. The summed E-state index contributed by atoms with van der Waals surface area (Å²) >= 11 is 0. The van der Waals surface area contributed by atoms with Gasteiger partial charge < -0.3 is 9.84 Å². The number of carboxylic acids is 1. The Morgan fingerprint density at radius 1 is 1.00 bits per heavy atom. The quantitative estimate of drug-likeness (QED) is 0.239. The zero-order chi connectivity index (χ0) is 33.4. The summed E-state index contributed by atoms with van der Waals surface area (Å²) in [5.41, 5.74) is 4.81. The fourth-order valence-corrected chi connectivity index (χ4v) is 8.58. The van der Waals surface area contributed by atoms with Crippen LogP contribution in [0.15, 0.2) is 48.9 Å². The lowest BCUT2D eigenvalue weighted by Crippen LogP contribution is -2.52. The molecule has 0 unspecified atom stereocenters. The third kappa shape index (κ3) is 6.97. The number of ether oxygens (including phenoxy) is 1. The van der Waals surface area contributed by atoms with Gasteiger partial charge in [0, 0.05) is 36.8 Å². The molecule has 2 aromatic heterocycles. The molecular formula is C39H52N4O4. The van der Waals surface area contributed by atoms with Gasteiger partial charge in [0.25, 0.3) is 0 Å². The molecule has 0 aliphatic heterocycles. The highest BCUT2D eigenvalue weighted by Gasteiger charge is 2.51. The van der Waals surface area contributed by atoms with Crippen LogP contribution < -0.4 is 9.64 Å². The Balaban J connectivity index is 1.24. The van der Waals surface area contributed by atoms with Crippen LogP contribution in [-0.2, 0) is 20.5 Å². The fourth-order valence-electron chi connectivity index (χ4n) is 8.58. The van der Waals surface area contributed by atoms with Gasteiger partial charge in [0.05, 0.1) is 18.8 Å². The molecule has 1 N–H and O–H groups in total. The van der Waals surface area contributed by atoms with Crippen molar-refractivity contribution in [3.05, 3.63) is 60.0 Å². The number of aryl methyl sites for hydroxylation is 1. The van der Waals surface area contributed by atoms with Crippen LogP contribution in [0.5, 0.6) is 5.75 Å². The first kappa shape index (κ1) is 33.2. The highest BCUT2D eigenvalue weighted by molar-refractivity contribution is 5.95. The van der Waals surface area contributed by atoms with Crippen LogP contribution in [0.1, 0.15) is 109 Å². The van der Waals surface area contributed by atoms with Crippen LogP contribution in [0, 0.1) is 24.2 Å². The van der Waals surface area contributed by atoms with Gasteiger partial charge in [-0.1, -0.05) is 12.1 Å².